The highest BCUT2D eigenvalue weighted by atomic mass is 16.6. The number of carbonyl (C=O) groups excluding carboxylic acids is 1. The zero-order valence-electron chi connectivity index (χ0n) is 17.7. The van der Waals surface area contributed by atoms with Gasteiger partial charge in [-0.3, -0.25) is 0 Å². The van der Waals surface area contributed by atoms with E-state index in [0.717, 1.165) is 51.1 Å². The third-order valence-electron chi connectivity index (χ3n) is 7.33. The van der Waals surface area contributed by atoms with Gasteiger partial charge in [0.1, 0.15) is 11.4 Å². The van der Waals surface area contributed by atoms with Gasteiger partial charge in [-0.25, -0.2) is 4.79 Å². The van der Waals surface area contributed by atoms with E-state index in [0.29, 0.717) is 17.2 Å². The first-order valence-electron chi connectivity index (χ1n) is 10.9. The van der Waals surface area contributed by atoms with E-state index in [-0.39, 0.29) is 11.9 Å². The zero-order chi connectivity index (χ0) is 21.3. The molecule has 2 bridgehead atoms. The average molecular weight is 408 g/mol. The number of phenolic OH excluding ortho intramolecular Hbond substituents is 1. The summed E-state index contributed by atoms with van der Waals surface area (Å²) in [5.41, 5.74) is 3.00. The van der Waals surface area contributed by atoms with Crippen LogP contribution >= 0.6 is 0 Å². The number of rotatable bonds is 2. The molecular formula is C28H24O3. The fraction of sp³-hybridized carbons (Fsp3) is 0.250. The molecule has 0 aliphatic heterocycles. The Bertz CT molecular complexity index is 1390. The first-order valence-corrected chi connectivity index (χ1v) is 10.9. The molecule has 3 atom stereocenters. The van der Waals surface area contributed by atoms with Crippen molar-refractivity contribution in [2.75, 3.05) is 0 Å². The van der Waals surface area contributed by atoms with E-state index in [9.17, 15) is 9.90 Å². The number of carbonyl (C=O) groups is 1. The molecule has 3 heteroatoms. The maximum atomic E-state index is 13.3. The Morgan fingerprint density at radius 3 is 2.61 bits per heavy atom. The highest BCUT2D eigenvalue weighted by Crippen LogP contribution is 2.63. The Kier molecular flexibility index (Phi) is 3.77. The van der Waals surface area contributed by atoms with Gasteiger partial charge in [-0.1, -0.05) is 61.0 Å². The molecule has 0 aromatic heterocycles. The third-order valence-corrected chi connectivity index (χ3v) is 7.33. The number of esters is 1. The van der Waals surface area contributed by atoms with Crippen molar-refractivity contribution < 1.29 is 14.6 Å². The predicted molar refractivity (Wildman–Crippen MR) is 123 cm³/mol. The third kappa shape index (κ3) is 2.62. The van der Waals surface area contributed by atoms with Gasteiger partial charge in [-0.2, -0.15) is 0 Å². The van der Waals surface area contributed by atoms with Crippen LogP contribution in [0.4, 0.5) is 0 Å². The van der Waals surface area contributed by atoms with Gasteiger partial charge >= 0.3 is 5.97 Å². The molecule has 1 N–H and O–H groups in total. The van der Waals surface area contributed by atoms with Crippen LogP contribution in [0.15, 0.2) is 66.7 Å². The molecule has 31 heavy (non-hydrogen) atoms. The van der Waals surface area contributed by atoms with Crippen molar-refractivity contribution >= 4 is 27.5 Å². The van der Waals surface area contributed by atoms with E-state index >= 15 is 0 Å². The van der Waals surface area contributed by atoms with Gasteiger partial charge in [0.25, 0.3) is 0 Å². The minimum Gasteiger partial charge on any atom is -0.507 e. The molecule has 154 valence electrons. The summed E-state index contributed by atoms with van der Waals surface area (Å²) in [5.74, 6) is 0.624. The Hall–Kier alpha value is -3.33. The zero-order valence-corrected chi connectivity index (χ0v) is 17.7. The summed E-state index contributed by atoms with van der Waals surface area (Å²) in [6, 6.07) is 22.0. The Morgan fingerprint density at radius 1 is 0.968 bits per heavy atom. The van der Waals surface area contributed by atoms with Gasteiger partial charge in [0.05, 0.1) is 5.56 Å². The normalized spacial score (nSPS) is 23.9. The van der Waals surface area contributed by atoms with Crippen molar-refractivity contribution in [2.45, 2.75) is 38.2 Å². The molecule has 1 saturated carbocycles. The number of hydrogen-bond donors (Lipinski definition) is 1. The summed E-state index contributed by atoms with van der Waals surface area (Å²) in [7, 11) is 0. The average Bonchev–Trinajstić information content (AvgIpc) is 3.25. The van der Waals surface area contributed by atoms with Crippen molar-refractivity contribution in [3.05, 3.63) is 89.0 Å². The largest absolute Gasteiger partial charge is 0.507 e. The van der Waals surface area contributed by atoms with Gasteiger partial charge in [0, 0.05) is 16.5 Å². The number of aromatic hydroxyl groups is 1. The van der Waals surface area contributed by atoms with Crippen molar-refractivity contribution in [3.8, 4) is 5.75 Å². The van der Waals surface area contributed by atoms with Crippen LogP contribution in [0.1, 0.15) is 52.7 Å². The fourth-order valence-electron chi connectivity index (χ4n) is 5.88. The second kappa shape index (κ2) is 6.34. The van der Waals surface area contributed by atoms with E-state index in [1.807, 2.05) is 61.5 Å². The lowest BCUT2D eigenvalue weighted by atomic mass is 9.81. The van der Waals surface area contributed by atoms with Crippen LogP contribution in [0.5, 0.6) is 5.75 Å². The van der Waals surface area contributed by atoms with Gasteiger partial charge in [-0.05, 0) is 66.0 Å². The summed E-state index contributed by atoms with van der Waals surface area (Å²) in [6.07, 6.45) is 1.53. The molecule has 0 amide bonds. The van der Waals surface area contributed by atoms with Crippen LogP contribution in [0, 0.1) is 12.8 Å². The first-order chi connectivity index (χ1) is 14.9. The first kappa shape index (κ1) is 18.4. The second-order valence-electron chi connectivity index (χ2n) is 9.35. The SMILES string of the molecule is Cc1ccc2c(O)c3c(cc2c1)C1(OC(=O)c2ccc4ccccc4c2)CC(C)C3C1. The van der Waals surface area contributed by atoms with E-state index < -0.39 is 5.60 Å². The topological polar surface area (TPSA) is 46.5 Å². The lowest BCUT2D eigenvalue weighted by Crippen LogP contribution is -2.30. The smallest absolute Gasteiger partial charge is 0.339 e. The van der Waals surface area contributed by atoms with Crippen LogP contribution in [-0.2, 0) is 10.3 Å². The molecular weight excluding hydrogens is 384 g/mol. The lowest BCUT2D eigenvalue weighted by Gasteiger charge is -2.32. The Balaban J connectivity index is 1.45. The molecule has 6 rings (SSSR count). The molecule has 3 unspecified atom stereocenters. The van der Waals surface area contributed by atoms with Crippen molar-refractivity contribution in [2.24, 2.45) is 5.92 Å². The summed E-state index contributed by atoms with van der Waals surface area (Å²) >= 11 is 0. The minimum absolute atomic E-state index is 0.213. The van der Waals surface area contributed by atoms with Crippen molar-refractivity contribution in [3.63, 3.8) is 0 Å². The van der Waals surface area contributed by atoms with E-state index in [4.69, 9.17) is 4.74 Å². The highest BCUT2D eigenvalue weighted by molar-refractivity contribution is 5.96. The molecule has 0 spiro atoms. The Labute approximate surface area is 181 Å². The molecule has 4 aromatic carbocycles. The standard InChI is InChI=1S/C28H24O3/c1-16-7-10-22-21(11-16)13-24-25(26(22)29)23-15-28(24,14-17(23)2)31-27(30)20-9-8-18-5-3-4-6-19(18)12-20/h3-13,17,23,29H,14-15H2,1-2H3. The van der Waals surface area contributed by atoms with Gasteiger partial charge < -0.3 is 9.84 Å². The highest BCUT2D eigenvalue weighted by Gasteiger charge is 2.56. The number of ether oxygens (including phenoxy) is 1. The summed E-state index contributed by atoms with van der Waals surface area (Å²) in [5, 5.41) is 15.1. The number of fused-ring (bicyclic) bond motifs is 7. The minimum atomic E-state index is -0.669. The summed E-state index contributed by atoms with van der Waals surface area (Å²) in [6.45, 7) is 4.24. The summed E-state index contributed by atoms with van der Waals surface area (Å²) < 4.78 is 6.31. The van der Waals surface area contributed by atoms with E-state index in [1.165, 1.54) is 0 Å². The fourth-order valence-corrected chi connectivity index (χ4v) is 5.88. The van der Waals surface area contributed by atoms with Crippen LogP contribution in [0.2, 0.25) is 0 Å². The molecule has 0 saturated heterocycles. The van der Waals surface area contributed by atoms with Crippen LogP contribution in [0.3, 0.4) is 0 Å². The predicted octanol–water partition coefficient (Wildman–Crippen LogP) is 6.59. The van der Waals surface area contributed by atoms with Gasteiger partial charge in [0.15, 0.2) is 0 Å². The van der Waals surface area contributed by atoms with Crippen LogP contribution in [-0.4, -0.2) is 11.1 Å². The van der Waals surface area contributed by atoms with Crippen molar-refractivity contribution in [1.82, 2.24) is 0 Å². The van der Waals surface area contributed by atoms with Crippen molar-refractivity contribution in [1.29, 1.82) is 0 Å². The van der Waals surface area contributed by atoms with Gasteiger partial charge in [0.2, 0.25) is 0 Å². The number of hydrogen-bond acceptors (Lipinski definition) is 3. The second-order valence-corrected chi connectivity index (χ2v) is 9.35. The number of aryl methyl sites for hydroxylation is 1. The molecule has 0 radical (unpaired) electrons. The molecule has 3 nitrogen and oxygen atoms in total. The van der Waals surface area contributed by atoms with E-state index in [2.05, 4.69) is 19.1 Å². The van der Waals surface area contributed by atoms with Gasteiger partial charge in [-0.15, -0.1) is 0 Å². The quantitative estimate of drug-likeness (QED) is 0.381. The molecule has 0 heterocycles. The number of phenols is 1. The number of benzene rings is 4. The Morgan fingerprint density at radius 2 is 1.77 bits per heavy atom. The lowest BCUT2D eigenvalue weighted by molar-refractivity contribution is -0.0179. The van der Waals surface area contributed by atoms with Crippen LogP contribution < -0.4 is 0 Å². The molecule has 4 aromatic rings. The monoisotopic (exact) mass is 408 g/mol. The molecule has 2 aliphatic rings. The maximum absolute atomic E-state index is 13.3. The molecule has 1 fully saturated rings. The van der Waals surface area contributed by atoms with Crippen LogP contribution in [0.25, 0.3) is 21.5 Å². The maximum Gasteiger partial charge on any atom is 0.339 e. The molecule has 2 aliphatic carbocycles. The summed E-state index contributed by atoms with van der Waals surface area (Å²) in [4.78, 5) is 13.3. The van der Waals surface area contributed by atoms with E-state index in [1.54, 1.807) is 0 Å².